The summed E-state index contributed by atoms with van der Waals surface area (Å²) in [6.07, 6.45) is 2.19. The number of benzene rings is 1. The molecule has 1 atom stereocenters. The lowest BCUT2D eigenvalue weighted by molar-refractivity contribution is 0.0919. The Kier molecular flexibility index (Phi) is 9.04. The van der Waals surface area contributed by atoms with Gasteiger partial charge in [-0.15, -0.1) is 0 Å². The molecular weight excluding hydrogens is 384 g/mol. The van der Waals surface area contributed by atoms with Crippen LogP contribution in [0.2, 0.25) is 5.02 Å². The number of hydrogen-bond acceptors (Lipinski definition) is 4. The average molecular weight is 411 g/mol. The molecule has 1 amide bonds. The zero-order valence-electron chi connectivity index (χ0n) is 15.9. The van der Waals surface area contributed by atoms with Crippen LogP contribution in [0.25, 0.3) is 0 Å². The number of carbonyl (C=O) groups is 1. The number of furan rings is 1. The minimum Gasteiger partial charge on any atom is -0.455 e. The molecule has 0 radical (unpaired) electrons. The molecule has 0 unspecified atom stereocenters. The maximum absolute atomic E-state index is 12.4. The first kappa shape index (κ1) is 21.7. The highest BCUT2D eigenvalue weighted by Crippen LogP contribution is 2.17. The van der Waals surface area contributed by atoms with Crippen LogP contribution < -0.4 is 5.32 Å². The standard InChI is InChI=1S/C20H27ClN2O3S/c1-3-12-23(13-4-2)14-11-22-20(24)19-10-7-17(26-19)15-27(25)18-8-5-16(21)6-9-18/h5-10H,3-4,11-15H2,1-2H3,(H,22,24)/t27-/m1/s1. The Bertz CT molecular complexity index is 740. The maximum atomic E-state index is 12.4. The van der Waals surface area contributed by atoms with Gasteiger partial charge in [0.05, 0.1) is 16.6 Å². The molecule has 0 aliphatic heterocycles. The van der Waals surface area contributed by atoms with Crippen LogP contribution in [0.5, 0.6) is 0 Å². The largest absolute Gasteiger partial charge is 0.455 e. The number of carbonyl (C=O) groups excluding carboxylic acids is 1. The van der Waals surface area contributed by atoms with E-state index in [1.54, 1.807) is 36.4 Å². The molecule has 1 aromatic carbocycles. The first-order valence-electron chi connectivity index (χ1n) is 9.26. The van der Waals surface area contributed by atoms with E-state index in [4.69, 9.17) is 16.0 Å². The summed E-state index contributed by atoms with van der Waals surface area (Å²) in [7, 11) is -1.25. The smallest absolute Gasteiger partial charge is 0.287 e. The Labute approximate surface area is 168 Å². The van der Waals surface area contributed by atoms with Gasteiger partial charge in [-0.3, -0.25) is 9.00 Å². The first-order chi connectivity index (χ1) is 13.0. The van der Waals surface area contributed by atoms with Gasteiger partial charge in [0, 0.05) is 23.0 Å². The third-order valence-electron chi connectivity index (χ3n) is 4.03. The summed E-state index contributed by atoms with van der Waals surface area (Å²) in [6, 6.07) is 10.2. The van der Waals surface area contributed by atoms with Crippen molar-refractivity contribution in [2.24, 2.45) is 0 Å². The number of nitrogens with zero attached hydrogens (tertiary/aromatic N) is 1. The fraction of sp³-hybridized carbons (Fsp3) is 0.450. The normalized spacial score (nSPS) is 12.3. The molecule has 0 saturated heterocycles. The molecule has 148 valence electrons. The van der Waals surface area contributed by atoms with Crippen molar-refractivity contribution >= 4 is 28.3 Å². The van der Waals surface area contributed by atoms with Crippen molar-refractivity contribution in [1.29, 1.82) is 0 Å². The molecule has 1 N–H and O–H groups in total. The SMILES string of the molecule is CCCN(CCC)CCNC(=O)c1ccc(C[S@@](=O)c2ccc(Cl)cc2)o1. The van der Waals surface area contributed by atoms with Gasteiger partial charge in [0.1, 0.15) is 5.76 Å². The fourth-order valence-electron chi connectivity index (χ4n) is 2.76. The van der Waals surface area contributed by atoms with Crippen LogP contribution >= 0.6 is 11.6 Å². The number of rotatable bonds is 11. The van der Waals surface area contributed by atoms with Crippen molar-refractivity contribution < 1.29 is 13.4 Å². The number of nitrogens with one attached hydrogen (secondary N) is 1. The lowest BCUT2D eigenvalue weighted by atomic mass is 10.3. The van der Waals surface area contributed by atoms with E-state index in [2.05, 4.69) is 24.1 Å². The molecule has 1 aromatic heterocycles. The van der Waals surface area contributed by atoms with Gasteiger partial charge < -0.3 is 14.6 Å². The first-order valence-corrected chi connectivity index (χ1v) is 11.0. The van der Waals surface area contributed by atoms with Crippen LogP contribution in [0, 0.1) is 0 Å². The van der Waals surface area contributed by atoms with Crippen LogP contribution in [-0.4, -0.2) is 41.2 Å². The summed E-state index contributed by atoms with van der Waals surface area (Å²) in [5, 5.41) is 3.49. The second-order valence-electron chi connectivity index (χ2n) is 6.31. The molecule has 5 nitrogen and oxygen atoms in total. The highest BCUT2D eigenvalue weighted by Gasteiger charge is 2.14. The van der Waals surface area contributed by atoms with E-state index in [0.717, 1.165) is 32.5 Å². The zero-order valence-corrected chi connectivity index (χ0v) is 17.4. The van der Waals surface area contributed by atoms with Crippen molar-refractivity contribution in [1.82, 2.24) is 10.2 Å². The van der Waals surface area contributed by atoms with Gasteiger partial charge in [0.15, 0.2) is 5.76 Å². The minimum absolute atomic E-state index is 0.218. The second kappa shape index (κ2) is 11.3. The highest BCUT2D eigenvalue weighted by molar-refractivity contribution is 7.84. The Morgan fingerprint density at radius 2 is 1.74 bits per heavy atom. The number of hydrogen-bond donors (Lipinski definition) is 1. The molecule has 0 fully saturated rings. The number of halogens is 1. The predicted molar refractivity (Wildman–Crippen MR) is 110 cm³/mol. The fourth-order valence-corrected chi connectivity index (χ4v) is 3.90. The summed E-state index contributed by atoms with van der Waals surface area (Å²) < 4.78 is 17.9. The highest BCUT2D eigenvalue weighted by atomic mass is 35.5. The number of amides is 1. The summed E-state index contributed by atoms with van der Waals surface area (Å²) in [5.74, 6) is 0.740. The molecule has 7 heteroatoms. The van der Waals surface area contributed by atoms with E-state index in [1.807, 2.05) is 0 Å². The molecule has 27 heavy (non-hydrogen) atoms. The van der Waals surface area contributed by atoms with Gasteiger partial charge in [-0.2, -0.15) is 0 Å². The van der Waals surface area contributed by atoms with Crippen LogP contribution in [0.1, 0.15) is 43.0 Å². The summed E-state index contributed by atoms with van der Waals surface area (Å²) in [4.78, 5) is 15.2. The molecule has 0 bridgehead atoms. The van der Waals surface area contributed by atoms with Crippen molar-refractivity contribution in [2.75, 3.05) is 26.2 Å². The zero-order chi connectivity index (χ0) is 19.6. The van der Waals surface area contributed by atoms with Gasteiger partial charge >= 0.3 is 0 Å². The lowest BCUT2D eigenvalue weighted by Crippen LogP contribution is -2.35. The summed E-state index contributed by atoms with van der Waals surface area (Å²) in [6.45, 7) is 7.77. The average Bonchev–Trinajstić information content (AvgIpc) is 3.11. The summed E-state index contributed by atoms with van der Waals surface area (Å²) >= 11 is 5.85. The second-order valence-corrected chi connectivity index (χ2v) is 8.19. The van der Waals surface area contributed by atoms with E-state index in [-0.39, 0.29) is 17.4 Å². The van der Waals surface area contributed by atoms with Gasteiger partial charge in [-0.25, -0.2) is 0 Å². The molecule has 2 aromatic rings. The molecule has 1 heterocycles. The maximum Gasteiger partial charge on any atom is 0.287 e. The van der Waals surface area contributed by atoms with Crippen molar-refractivity contribution in [3.63, 3.8) is 0 Å². The molecule has 0 spiro atoms. The third-order valence-corrected chi connectivity index (χ3v) is 5.63. The van der Waals surface area contributed by atoms with E-state index in [0.29, 0.717) is 22.2 Å². The Morgan fingerprint density at radius 1 is 1.07 bits per heavy atom. The van der Waals surface area contributed by atoms with E-state index >= 15 is 0 Å². The molecule has 0 aliphatic rings. The lowest BCUT2D eigenvalue weighted by Gasteiger charge is -2.20. The van der Waals surface area contributed by atoms with Crippen molar-refractivity contribution in [2.45, 2.75) is 37.3 Å². The Hall–Kier alpha value is -1.63. The van der Waals surface area contributed by atoms with Crippen LogP contribution in [-0.2, 0) is 16.6 Å². The summed E-state index contributed by atoms with van der Waals surface area (Å²) in [5.41, 5.74) is 0. The molecular formula is C20H27ClN2O3S. The van der Waals surface area contributed by atoms with Gasteiger partial charge in [0.2, 0.25) is 0 Å². The Balaban J connectivity index is 1.84. The molecule has 2 rings (SSSR count). The van der Waals surface area contributed by atoms with Crippen molar-refractivity contribution in [3.05, 3.63) is 52.9 Å². The van der Waals surface area contributed by atoms with Crippen molar-refractivity contribution in [3.8, 4) is 0 Å². The monoisotopic (exact) mass is 410 g/mol. The van der Waals surface area contributed by atoms with Gasteiger partial charge in [-0.1, -0.05) is 25.4 Å². The molecule has 0 aliphatic carbocycles. The van der Waals surface area contributed by atoms with E-state index in [9.17, 15) is 9.00 Å². The topological polar surface area (TPSA) is 62.6 Å². The van der Waals surface area contributed by atoms with Crippen LogP contribution in [0.4, 0.5) is 0 Å². The minimum atomic E-state index is -1.25. The Morgan fingerprint density at radius 3 is 2.37 bits per heavy atom. The van der Waals surface area contributed by atoms with Crippen LogP contribution in [0.15, 0.2) is 45.7 Å². The molecule has 0 saturated carbocycles. The van der Waals surface area contributed by atoms with Crippen LogP contribution in [0.3, 0.4) is 0 Å². The quantitative estimate of drug-likeness (QED) is 0.606. The van der Waals surface area contributed by atoms with E-state index in [1.165, 1.54) is 0 Å². The third kappa shape index (κ3) is 7.13. The van der Waals surface area contributed by atoms with Gasteiger partial charge in [-0.05, 0) is 62.3 Å². The van der Waals surface area contributed by atoms with E-state index < -0.39 is 10.8 Å². The van der Waals surface area contributed by atoms with Gasteiger partial charge in [0.25, 0.3) is 5.91 Å². The predicted octanol–water partition coefficient (Wildman–Crippen LogP) is 4.09.